The summed E-state index contributed by atoms with van der Waals surface area (Å²) in [5.41, 5.74) is 0.567. The van der Waals surface area contributed by atoms with Gasteiger partial charge >= 0.3 is 0 Å². The number of carbonyl (C=O) groups is 1. The molecular weight excluding hydrogens is 332 g/mol. The molecule has 3 rings (SSSR count). The van der Waals surface area contributed by atoms with Crippen LogP contribution in [0, 0.1) is 0 Å². The van der Waals surface area contributed by atoms with Crippen molar-refractivity contribution in [3.8, 4) is 23.0 Å². The number of phenolic OH excluding ortho intramolecular Hbond substituents is 2. The molecule has 0 aliphatic carbocycles. The first-order chi connectivity index (χ1) is 12.3. The molecule has 0 aromatic heterocycles. The fourth-order valence-electron chi connectivity index (χ4n) is 2.70. The number of hydrogen-bond acceptors (Lipinski definition) is 5. The molecule has 0 fully saturated rings. The van der Waals surface area contributed by atoms with Gasteiger partial charge in [-0.05, 0) is 49.8 Å². The van der Waals surface area contributed by atoms with Crippen LogP contribution in [0.25, 0.3) is 12.2 Å². The van der Waals surface area contributed by atoms with Gasteiger partial charge in [-0.25, -0.2) is 0 Å². The van der Waals surface area contributed by atoms with Gasteiger partial charge in [0, 0.05) is 6.07 Å². The summed E-state index contributed by atoms with van der Waals surface area (Å²) in [4.78, 5) is 12.7. The minimum atomic E-state index is -0.651. The average molecular weight is 352 g/mol. The van der Waals surface area contributed by atoms with E-state index in [1.807, 2.05) is 26.0 Å². The molecule has 0 atom stereocenters. The fourth-order valence-corrected chi connectivity index (χ4v) is 2.70. The fraction of sp³-hybridized carbons (Fsp3) is 0.190. The lowest BCUT2D eigenvalue weighted by atomic mass is 9.96. The van der Waals surface area contributed by atoms with Gasteiger partial charge in [-0.15, -0.1) is 0 Å². The molecule has 2 aromatic carbocycles. The summed E-state index contributed by atoms with van der Waals surface area (Å²) in [5.74, 6) is 0.0258. The maximum Gasteiger partial charge on any atom is 0.193 e. The van der Waals surface area contributed by atoms with Crippen molar-refractivity contribution >= 4 is 17.9 Å². The van der Waals surface area contributed by atoms with Gasteiger partial charge in [0.1, 0.15) is 34.2 Å². The van der Waals surface area contributed by atoms with Crippen molar-refractivity contribution in [2.75, 3.05) is 7.11 Å². The number of hydrogen-bond donors (Lipinski definition) is 2. The normalized spacial score (nSPS) is 14.7. The number of phenols is 2. The molecule has 1 heterocycles. The van der Waals surface area contributed by atoms with Gasteiger partial charge < -0.3 is 19.7 Å². The number of benzene rings is 2. The predicted octanol–water partition coefficient (Wildman–Crippen LogP) is 4.19. The number of ether oxygens (including phenoxy) is 2. The van der Waals surface area contributed by atoms with E-state index in [1.54, 1.807) is 37.5 Å². The van der Waals surface area contributed by atoms with Gasteiger partial charge in [-0.2, -0.15) is 0 Å². The van der Waals surface area contributed by atoms with Crippen molar-refractivity contribution in [3.63, 3.8) is 0 Å². The summed E-state index contributed by atoms with van der Waals surface area (Å²) in [5, 5.41) is 20.3. The molecule has 5 nitrogen and oxygen atoms in total. The van der Waals surface area contributed by atoms with E-state index < -0.39 is 11.4 Å². The van der Waals surface area contributed by atoms with Gasteiger partial charge in [0.05, 0.1) is 12.7 Å². The summed E-state index contributed by atoms with van der Waals surface area (Å²) >= 11 is 0. The van der Waals surface area contributed by atoms with Crippen LogP contribution in [0.1, 0.15) is 35.3 Å². The van der Waals surface area contributed by atoms with Crippen LogP contribution in [0.4, 0.5) is 0 Å². The Bertz CT molecular complexity index is 905. The Morgan fingerprint density at radius 1 is 1.15 bits per heavy atom. The zero-order valence-electron chi connectivity index (χ0n) is 14.8. The predicted molar refractivity (Wildman–Crippen MR) is 99.9 cm³/mol. The molecule has 0 bridgehead atoms. The molecule has 2 aromatic rings. The van der Waals surface area contributed by atoms with E-state index in [1.165, 1.54) is 6.08 Å². The topological polar surface area (TPSA) is 76.0 Å². The minimum Gasteiger partial charge on any atom is -0.507 e. The number of fused-ring (bicyclic) bond motifs is 1. The van der Waals surface area contributed by atoms with E-state index in [9.17, 15) is 15.0 Å². The Morgan fingerprint density at radius 3 is 2.50 bits per heavy atom. The van der Waals surface area contributed by atoms with Crippen molar-refractivity contribution in [1.29, 1.82) is 0 Å². The van der Waals surface area contributed by atoms with Crippen molar-refractivity contribution in [1.82, 2.24) is 0 Å². The average Bonchev–Trinajstić information content (AvgIpc) is 2.59. The third kappa shape index (κ3) is 3.42. The van der Waals surface area contributed by atoms with Crippen molar-refractivity contribution in [2.45, 2.75) is 19.4 Å². The molecule has 1 aliphatic rings. The lowest BCUT2D eigenvalue weighted by Gasteiger charge is -2.29. The molecular formula is C21H20O5. The van der Waals surface area contributed by atoms with Gasteiger partial charge in [0.25, 0.3) is 0 Å². The third-order valence-corrected chi connectivity index (χ3v) is 4.08. The molecule has 0 spiro atoms. The highest BCUT2D eigenvalue weighted by atomic mass is 16.5. The lowest BCUT2D eigenvalue weighted by molar-refractivity contribution is 0.103. The molecule has 2 N–H and O–H groups in total. The Hall–Kier alpha value is -3.21. The summed E-state index contributed by atoms with van der Waals surface area (Å²) in [7, 11) is 1.58. The van der Waals surface area contributed by atoms with Crippen molar-refractivity contribution < 1.29 is 24.5 Å². The summed E-state index contributed by atoms with van der Waals surface area (Å²) in [6.45, 7) is 3.66. The number of ketones is 1. The monoisotopic (exact) mass is 352 g/mol. The number of rotatable bonds is 4. The first-order valence-electron chi connectivity index (χ1n) is 8.14. The van der Waals surface area contributed by atoms with Crippen LogP contribution in [-0.2, 0) is 0 Å². The SMILES string of the molecule is COc1ccc(/C=C/C(=O)c2c(O)cc(O)c3c2OC(C)(C)C=C3)cc1. The Kier molecular flexibility index (Phi) is 4.47. The number of methoxy groups -OCH3 is 1. The molecule has 0 saturated carbocycles. The second kappa shape index (κ2) is 6.59. The van der Waals surface area contributed by atoms with Crippen molar-refractivity contribution in [2.24, 2.45) is 0 Å². The van der Waals surface area contributed by atoms with Crippen LogP contribution in [0.5, 0.6) is 23.0 Å². The molecule has 0 saturated heterocycles. The van der Waals surface area contributed by atoms with Gasteiger partial charge in [0.15, 0.2) is 5.78 Å². The molecule has 0 amide bonds. The summed E-state index contributed by atoms with van der Waals surface area (Å²) in [6, 6.07) is 8.37. The maximum atomic E-state index is 12.7. The van der Waals surface area contributed by atoms with E-state index in [-0.39, 0.29) is 22.8 Å². The van der Waals surface area contributed by atoms with E-state index in [0.29, 0.717) is 5.56 Å². The number of allylic oxidation sites excluding steroid dienone is 1. The third-order valence-electron chi connectivity index (χ3n) is 4.08. The molecule has 0 unspecified atom stereocenters. The summed E-state index contributed by atoms with van der Waals surface area (Å²) < 4.78 is 10.9. The number of aromatic hydroxyl groups is 2. The molecule has 26 heavy (non-hydrogen) atoms. The highest BCUT2D eigenvalue weighted by Gasteiger charge is 2.29. The second-order valence-electron chi connectivity index (χ2n) is 6.54. The lowest BCUT2D eigenvalue weighted by Crippen LogP contribution is -2.28. The molecule has 1 aliphatic heterocycles. The van der Waals surface area contributed by atoms with E-state index >= 15 is 0 Å². The quantitative estimate of drug-likeness (QED) is 0.637. The second-order valence-corrected chi connectivity index (χ2v) is 6.54. The highest BCUT2D eigenvalue weighted by molar-refractivity contribution is 6.11. The highest BCUT2D eigenvalue weighted by Crippen LogP contribution is 2.43. The zero-order valence-corrected chi connectivity index (χ0v) is 14.8. The van der Waals surface area contributed by atoms with Crippen LogP contribution in [-0.4, -0.2) is 28.7 Å². The molecule has 0 radical (unpaired) electrons. The summed E-state index contributed by atoms with van der Waals surface area (Å²) in [6.07, 6.45) is 6.48. The maximum absolute atomic E-state index is 12.7. The van der Waals surface area contributed by atoms with Crippen LogP contribution >= 0.6 is 0 Å². The minimum absolute atomic E-state index is 0.0278. The zero-order chi connectivity index (χ0) is 18.9. The van der Waals surface area contributed by atoms with E-state index in [0.717, 1.165) is 17.4 Å². The Balaban J connectivity index is 1.97. The van der Waals surface area contributed by atoms with Crippen LogP contribution in [0.15, 0.2) is 42.5 Å². The van der Waals surface area contributed by atoms with Crippen LogP contribution < -0.4 is 9.47 Å². The smallest absolute Gasteiger partial charge is 0.193 e. The van der Waals surface area contributed by atoms with Crippen LogP contribution in [0.3, 0.4) is 0 Å². The molecule has 134 valence electrons. The number of carbonyl (C=O) groups excluding carboxylic acids is 1. The first kappa shape index (κ1) is 17.6. The first-order valence-corrected chi connectivity index (χ1v) is 8.14. The van der Waals surface area contributed by atoms with Gasteiger partial charge in [-0.3, -0.25) is 4.79 Å². The standard InChI is InChI=1S/C21H20O5/c1-21(2)11-10-15-17(23)12-18(24)19(20(15)26-21)16(22)9-6-13-4-7-14(25-3)8-5-13/h4-12,23-24H,1-3H3/b9-6+. The van der Waals surface area contributed by atoms with E-state index in [4.69, 9.17) is 9.47 Å². The Morgan fingerprint density at radius 2 is 1.85 bits per heavy atom. The Labute approximate surface area is 151 Å². The van der Waals surface area contributed by atoms with Gasteiger partial charge in [0.2, 0.25) is 0 Å². The van der Waals surface area contributed by atoms with Gasteiger partial charge in [-0.1, -0.05) is 18.2 Å². The van der Waals surface area contributed by atoms with E-state index in [2.05, 4.69) is 0 Å². The largest absolute Gasteiger partial charge is 0.507 e. The van der Waals surface area contributed by atoms with Crippen LogP contribution in [0.2, 0.25) is 0 Å². The molecule has 5 heteroatoms. The van der Waals surface area contributed by atoms with Crippen molar-refractivity contribution in [3.05, 3.63) is 59.2 Å².